The van der Waals surface area contributed by atoms with E-state index in [0.717, 1.165) is 5.56 Å². The largest absolute Gasteiger partial charge is 0.311 e. The van der Waals surface area contributed by atoms with E-state index in [-0.39, 0.29) is 34.6 Å². The maximum atomic E-state index is 12.4. The Morgan fingerprint density at radius 2 is 1.72 bits per heavy atom. The van der Waals surface area contributed by atoms with E-state index in [1.807, 2.05) is 51.2 Å². The minimum atomic E-state index is -0.507. The molecule has 1 fully saturated rings. The molecule has 134 valence electrons. The van der Waals surface area contributed by atoms with Crippen LogP contribution in [0.25, 0.3) is 0 Å². The summed E-state index contributed by atoms with van der Waals surface area (Å²) in [5.74, 6) is -0.302. The Balaban J connectivity index is 2.33. The number of anilines is 1. The number of benzene rings is 1. The van der Waals surface area contributed by atoms with Crippen LogP contribution in [0.1, 0.15) is 39.7 Å². The molecular formula is C19H26BNO3S. The fourth-order valence-electron chi connectivity index (χ4n) is 3.24. The fourth-order valence-corrected chi connectivity index (χ4v) is 3.85. The number of imide groups is 1. The molecule has 1 aromatic rings. The highest BCUT2D eigenvalue weighted by Crippen LogP contribution is 2.42. The number of carbonyl (C=O) groups excluding carboxylic acids is 3. The van der Waals surface area contributed by atoms with Crippen LogP contribution in [0.2, 0.25) is 6.82 Å². The Morgan fingerprint density at radius 1 is 1.16 bits per heavy atom. The van der Waals surface area contributed by atoms with Crippen molar-refractivity contribution in [2.24, 2.45) is 5.41 Å². The molecule has 1 aliphatic rings. The van der Waals surface area contributed by atoms with Gasteiger partial charge in [-0.3, -0.25) is 9.59 Å². The van der Waals surface area contributed by atoms with Gasteiger partial charge < -0.3 is 4.79 Å². The second kappa shape index (κ2) is 6.98. The van der Waals surface area contributed by atoms with Gasteiger partial charge in [0.1, 0.15) is 0 Å². The summed E-state index contributed by atoms with van der Waals surface area (Å²) in [6.45, 7) is 9.96. The number of hydrogen-bond donors (Lipinski definition) is 0. The normalized spacial score (nSPS) is 18.6. The third-order valence-electron chi connectivity index (χ3n) is 5.82. The Bertz CT molecular complexity index is 697. The first kappa shape index (κ1) is 19.8. The summed E-state index contributed by atoms with van der Waals surface area (Å²) >= 11 is 1.41. The molecule has 1 aliphatic heterocycles. The Morgan fingerprint density at radius 3 is 2.16 bits per heavy atom. The molecule has 0 saturated carbocycles. The maximum Gasteiger partial charge on any atom is 0.247 e. The molecule has 4 nitrogen and oxygen atoms in total. The van der Waals surface area contributed by atoms with Crippen LogP contribution < -0.4 is 4.90 Å². The monoisotopic (exact) mass is 359 g/mol. The summed E-state index contributed by atoms with van der Waals surface area (Å²) in [5, 5.41) is -0.287. The lowest BCUT2D eigenvalue weighted by Gasteiger charge is -2.41. The van der Waals surface area contributed by atoms with E-state index in [0.29, 0.717) is 13.0 Å². The van der Waals surface area contributed by atoms with Crippen molar-refractivity contribution in [2.75, 3.05) is 11.2 Å². The topological polar surface area (TPSA) is 54.5 Å². The van der Waals surface area contributed by atoms with Crippen molar-refractivity contribution in [2.45, 2.75) is 51.6 Å². The highest BCUT2D eigenvalue weighted by molar-refractivity contribution is 8.00. The van der Waals surface area contributed by atoms with Gasteiger partial charge in [-0.15, -0.1) is 0 Å². The molecule has 0 spiro atoms. The molecule has 1 saturated heterocycles. The quantitative estimate of drug-likeness (QED) is 0.579. The van der Waals surface area contributed by atoms with Crippen molar-refractivity contribution < 1.29 is 14.4 Å². The van der Waals surface area contributed by atoms with Crippen LogP contribution in [0.15, 0.2) is 24.3 Å². The van der Waals surface area contributed by atoms with Gasteiger partial charge in [0.05, 0.1) is 16.6 Å². The summed E-state index contributed by atoms with van der Waals surface area (Å²) in [6.07, 6.45) is 2.10. The Hall–Kier alpha value is -1.56. The van der Waals surface area contributed by atoms with Gasteiger partial charge in [0.25, 0.3) is 0 Å². The van der Waals surface area contributed by atoms with Crippen molar-refractivity contribution in [1.29, 1.82) is 0 Å². The third-order valence-corrected chi connectivity index (χ3v) is 6.75. The zero-order valence-corrected chi connectivity index (χ0v) is 16.7. The number of hydrogen-bond acceptors (Lipinski definition) is 4. The number of rotatable bonds is 6. The van der Waals surface area contributed by atoms with Gasteiger partial charge in [-0.2, -0.15) is 11.8 Å². The average Bonchev–Trinajstić information content (AvgIpc) is 2.87. The van der Waals surface area contributed by atoms with Gasteiger partial charge in [0, 0.05) is 17.3 Å². The van der Waals surface area contributed by atoms with Crippen LogP contribution in [0.4, 0.5) is 5.69 Å². The molecule has 0 aromatic heterocycles. The van der Waals surface area contributed by atoms with Crippen LogP contribution in [-0.4, -0.2) is 36.3 Å². The van der Waals surface area contributed by atoms with Gasteiger partial charge >= 0.3 is 0 Å². The van der Waals surface area contributed by atoms with Crippen LogP contribution in [-0.2, 0) is 19.8 Å². The summed E-state index contributed by atoms with van der Waals surface area (Å²) in [7, 11) is 0.501. The van der Waals surface area contributed by atoms with E-state index in [9.17, 15) is 14.4 Å². The Kier molecular flexibility index (Phi) is 5.52. The first-order chi connectivity index (χ1) is 11.6. The van der Waals surface area contributed by atoms with Gasteiger partial charge in [0.15, 0.2) is 0 Å². The predicted octanol–water partition coefficient (Wildman–Crippen LogP) is 3.00. The van der Waals surface area contributed by atoms with E-state index < -0.39 is 5.41 Å². The van der Waals surface area contributed by atoms with Crippen molar-refractivity contribution in [3.05, 3.63) is 29.8 Å². The Labute approximate surface area is 155 Å². The van der Waals surface area contributed by atoms with Crippen molar-refractivity contribution in [3.63, 3.8) is 0 Å². The maximum absolute atomic E-state index is 12.4. The second-order valence-electron chi connectivity index (χ2n) is 7.57. The summed E-state index contributed by atoms with van der Waals surface area (Å²) < 4.78 is 0. The lowest BCUT2D eigenvalue weighted by Crippen LogP contribution is -2.44. The highest BCUT2D eigenvalue weighted by atomic mass is 32.2. The summed E-state index contributed by atoms with van der Waals surface area (Å²) in [4.78, 5) is 38.2. The molecular weight excluding hydrogens is 333 g/mol. The fraction of sp³-hybridized carbons (Fsp3) is 0.526. The third kappa shape index (κ3) is 3.28. The van der Waals surface area contributed by atoms with Crippen molar-refractivity contribution in [3.8, 4) is 0 Å². The van der Waals surface area contributed by atoms with Crippen LogP contribution in [0, 0.1) is 5.41 Å². The molecule has 0 aliphatic carbocycles. The molecule has 2 amide bonds. The van der Waals surface area contributed by atoms with Crippen molar-refractivity contribution >= 4 is 42.2 Å². The molecule has 1 atom stereocenters. The zero-order valence-electron chi connectivity index (χ0n) is 15.9. The molecule has 1 aromatic carbocycles. The van der Waals surface area contributed by atoms with E-state index in [2.05, 4.69) is 13.8 Å². The average molecular weight is 359 g/mol. The van der Waals surface area contributed by atoms with Gasteiger partial charge in [-0.25, -0.2) is 4.90 Å². The molecule has 0 N–H and O–H groups in total. The molecule has 0 bridgehead atoms. The number of amides is 2. The van der Waals surface area contributed by atoms with Crippen molar-refractivity contribution in [1.82, 2.24) is 0 Å². The minimum absolute atomic E-state index is 0.147. The zero-order chi connectivity index (χ0) is 19.0. The molecule has 6 heteroatoms. The van der Waals surface area contributed by atoms with Crippen LogP contribution in [0.3, 0.4) is 0 Å². The summed E-state index contributed by atoms with van der Waals surface area (Å²) in [5.41, 5.74) is 0.968. The molecule has 1 heterocycles. The minimum Gasteiger partial charge on any atom is -0.311 e. The van der Waals surface area contributed by atoms with Gasteiger partial charge in [0.2, 0.25) is 19.1 Å². The number of carbonyl (C=O) groups is 3. The number of nitrogens with zero attached hydrogens (tertiary/aromatic N) is 1. The molecule has 0 radical (unpaired) electrons. The first-order valence-corrected chi connectivity index (χ1v) is 9.90. The van der Waals surface area contributed by atoms with E-state index in [1.54, 1.807) is 0 Å². The molecule has 2 rings (SSSR count). The van der Waals surface area contributed by atoms with Crippen LogP contribution in [0.5, 0.6) is 0 Å². The van der Waals surface area contributed by atoms with E-state index in [4.69, 9.17) is 0 Å². The standard InChI is InChI=1S/C19H26BNO3S/c1-18(2,19(3,4)17(24)20-5)12-7-9-13(10-8-12)21-15(22)11-14(25-6)16(21)23/h7-10,14,20H,11H2,1-6H3. The molecule has 1 unspecified atom stereocenters. The molecule has 25 heavy (non-hydrogen) atoms. The summed E-state index contributed by atoms with van der Waals surface area (Å²) in [6, 6.07) is 7.46. The first-order valence-electron chi connectivity index (χ1n) is 8.61. The number of thioether (sulfide) groups is 1. The second-order valence-corrected chi connectivity index (χ2v) is 8.61. The lowest BCUT2D eigenvalue weighted by atomic mass is 9.53. The smallest absolute Gasteiger partial charge is 0.247 e. The van der Waals surface area contributed by atoms with Gasteiger partial charge in [-0.1, -0.05) is 46.7 Å². The SMILES string of the molecule is CBC(=O)C(C)(C)C(C)(C)c1ccc(N2C(=O)CC(SC)C2=O)cc1. The van der Waals surface area contributed by atoms with Crippen LogP contribution >= 0.6 is 11.8 Å². The van der Waals surface area contributed by atoms with E-state index in [1.165, 1.54) is 16.7 Å². The lowest BCUT2D eigenvalue weighted by molar-refractivity contribution is -0.122. The highest BCUT2D eigenvalue weighted by Gasteiger charge is 2.43. The van der Waals surface area contributed by atoms with E-state index >= 15 is 0 Å². The van der Waals surface area contributed by atoms with Gasteiger partial charge in [-0.05, 0) is 24.0 Å². The predicted molar refractivity (Wildman–Crippen MR) is 106 cm³/mol.